The van der Waals surface area contributed by atoms with Gasteiger partial charge < -0.3 is 14.4 Å². The molecule has 0 aliphatic rings. The van der Waals surface area contributed by atoms with Gasteiger partial charge in [0.15, 0.2) is 6.29 Å². The van der Waals surface area contributed by atoms with Crippen LogP contribution in [0.3, 0.4) is 0 Å². The molecule has 0 fully saturated rings. The monoisotopic (exact) mass is 257 g/mol. The van der Waals surface area contributed by atoms with Gasteiger partial charge in [0.25, 0.3) is 0 Å². The fourth-order valence-corrected chi connectivity index (χ4v) is 1.78. The molecule has 0 aromatic heterocycles. The molecule has 0 heterocycles. The van der Waals surface area contributed by atoms with Gasteiger partial charge >= 0.3 is 0 Å². The van der Waals surface area contributed by atoms with Crippen molar-refractivity contribution in [3.05, 3.63) is 0 Å². The SMILES string of the molecule is CCN(CC)CCNC(C)(C#N)CC(OC)OC. The third-order valence-electron chi connectivity index (χ3n) is 3.19. The van der Waals surface area contributed by atoms with Crippen LogP contribution in [0.15, 0.2) is 0 Å². The molecule has 0 aromatic rings. The van der Waals surface area contributed by atoms with E-state index in [0.717, 1.165) is 26.2 Å². The Bertz CT molecular complexity index is 247. The van der Waals surface area contributed by atoms with Gasteiger partial charge in [-0.05, 0) is 20.0 Å². The molecule has 1 atom stereocenters. The van der Waals surface area contributed by atoms with Crippen LogP contribution in [-0.2, 0) is 9.47 Å². The quantitative estimate of drug-likeness (QED) is 0.596. The minimum Gasteiger partial charge on any atom is -0.356 e. The summed E-state index contributed by atoms with van der Waals surface area (Å²) in [7, 11) is 3.17. The van der Waals surface area contributed by atoms with Crippen LogP contribution < -0.4 is 5.32 Å². The fourth-order valence-electron chi connectivity index (χ4n) is 1.78. The lowest BCUT2D eigenvalue weighted by molar-refractivity contribution is -0.114. The van der Waals surface area contributed by atoms with E-state index in [1.165, 1.54) is 0 Å². The molecule has 18 heavy (non-hydrogen) atoms. The average Bonchev–Trinajstić information content (AvgIpc) is 2.41. The number of ether oxygens (including phenoxy) is 2. The van der Waals surface area contributed by atoms with E-state index >= 15 is 0 Å². The molecule has 0 radical (unpaired) electrons. The van der Waals surface area contributed by atoms with Crippen molar-refractivity contribution >= 4 is 0 Å². The molecule has 5 heteroatoms. The van der Waals surface area contributed by atoms with Gasteiger partial charge in [-0.15, -0.1) is 0 Å². The molecular formula is C13H27N3O2. The molecule has 0 saturated heterocycles. The lowest BCUT2D eigenvalue weighted by Gasteiger charge is -2.28. The molecule has 0 aliphatic carbocycles. The van der Waals surface area contributed by atoms with Crippen LogP contribution in [0.4, 0.5) is 0 Å². The van der Waals surface area contributed by atoms with Crippen molar-refractivity contribution in [3.8, 4) is 6.07 Å². The van der Waals surface area contributed by atoms with Crippen LogP contribution in [0.5, 0.6) is 0 Å². The van der Waals surface area contributed by atoms with E-state index in [1.807, 2.05) is 6.92 Å². The maximum Gasteiger partial charge on any atom is 0.159 e. The Labute approximate surface area is 111 Å². The highest BCUT2D eigenvalue weighted by Crippen LogP contribution is 2.13. The Morgan fingerprint density at radius 1 is 1.28 bits per heavy atom. The van der Waals surface area contributed by atoms with Crippen molar-refractivity contribution in [1.29, 1.82) is 5.26 Å². The molecular weight excluding hydrogens is 230 g/mol. The molecule has 1 N–H and O–H groups in total. The summed E-state index contributed by atoms with van der Waals surface area (Å²) in [5.41, 5.74) is -0.621. The van der Waals surface area contributed by atoms with Gasteiger partial charge in [-0.25, -0.2) is 0 Å². The van der Waals surface area contributed by atoms with E-state index in [4.69, 9.17) is 9.47 Å². The highest BCUT2D eigenvalue weighted by Gasteiger charge is 2.27. The van der Waals surface area contributed by atoms with Gasteiger partial charge in [-0.3, -0.25) is 5.32 Å². The number of nitrogens with one attached hydrogen (secondary N) is 1. The van der Waals surface area contributed by atoms with Crippen molar-refractivity contribution in [2.24, 2.45) is 0 Å². The van der Waals surface area contributed by atoms with Crippen LogP contribution in [-0.4, -0.2) is 57.1 Å². The second kappa shape index (κ2) is 9.29. The molecule has 0 rings (SSSR count). The first-order valence-electron chi connectivity index (χ1n) is 6.49. The van der Waals surface area contributed by atoms with Gasteiger partial charge in [-0.1, -0.05) is 13.8 Å². The van der Waals surface area contributed by atoms with Crippen molar-refractivity contribution in [2.45, 2.75) is 39.0 Å². The minimum absolute atomic E-state index is 0.351. The topological polar surface area (TPSA) is 57.5 Å². The van der Waals surface area contributed by atoms with Gasteiger partial charge in [-0.2, -0.15) is 5.26 Å². The molecule has 0 aliphatic heterocycles. The summed E-state index contributed by atoms with van der Waals surface area (Å²) in [4.78, 5) is 2.31. The zero-order valence-corrected chi connectivity index (χ0v) is 12.3. The zero-order valence-electron chi connectivity index (χ0n) is 12.3. The first-order valence-corrected chi connectivity index (χ1v) is 6.49. The third kappa shape index (κ3) is 6.31. The molecule has 106 valence electrons. The standard InChI is InChI=1S/C13H27N3O2/c1-6-16(7-2)9-8-15-13(3,11-14)10-12(17-4)18-5/h12,15H,6-10H2,1-5H3. The fraction of sp³-hybridized carbons (Fsp3) is 0.923. The smallest absolute Gasteiger partial charge is 0.159 e. The number of rotatable bonds is 10. The summed E-state index contributed by atoms with van der Waals surface area (Å²) in [5.74, 6) is 0. The first-order chi connectivity index (χ1) is 8.55. The number of nitriles is 1. The lowest BCUT2D eigenvalue weighted by Crippen LogP contribution is -2.47. The van der Waals surface area contributed by atoms with Crippen LogP contribution in [0.1, 0.15) is 27.2 Å². The zero-order chi connectivity index (χ0) is 14.0. The second-order valence-corrected chi connectivity index (χ2v) is 4.50. The molecule has 0 bridgehead atoms. The van der Waals surface area contributed by atoms with Crippen molar-refractivity contribution < 1.29 is 9.47 Å². The molecule has 0 saturated carbocycles. The lowest BCUT2D eigenvalue weighted by atomic mass is 9.99. The predicted molar refractivity (Wildman–Crippen MR) is 72.2 cm³/mol. The summed E-state index contributed by atoms with van der Waals surface area (Å²) in [6.45, 7) is 9.93. The Balaban J connectivity index is 4.19. The highest BCUT2D eigenvalue weighted by molar-refractivity contribution is 5.04. The van der Waals surface area contributed by atoms with E-state index in [9.17, 15) is 5.26 Å². The summed E-state index contributed by atoms with van der Waals surface area (Å²) < 4.78 is 10.3. The van der Waals surface area contributed by atoms with Crippen LogP contribution in [0.25, 0.3) is 0 Å². The van der Waals surface area contributed by atoms with Crippen molar-refractivity contribution in [2.75, 3.05) is 40.4 Å². The number of nitrogens with zero attached hydrogens (tertiary/aromatic N) is 2. The largest absolute Gasteiger partial charge is 0.356 e. The Hall–Kier alpha value is -0.670. The molecule has 0 amide bonds. The summed E-state index contributed by atoms with van der Waals surface area (Å²) >= 11 is 0. The summed E-state index contributed by atoms with van der Waals surface area (Å²) in [5, 5.41) is 12.5. The first kappa shape index (κ1) is 17.3. The third-order valence-corrected chi connectivity index (χ3v) is 3.19. The van der Waals surface area contributed by atoms with Crippen molar-refractivity contribution in [1.82, 2.24) is 10.2 Å². The normalized spacial score (nSPS) is 14.8. The Morgan fingerprint density at radius 3 is 2.22 bits per heavy atom. The Kier molecular flexibility index (Phi) is 8.94. The van der Waals surface area contributed by atoms with E-state index in [-0.39, 0.29) is 6.29 Å². The number of likely N-dealkylation sites (N-methyl/N-ethyl adjacent to an activating group) is 1. The van der Waals surface area contributed by atoms with E-state index in [0.29, 0.717) is 6.42 Å². The highest BCUT2D eigenvalue weighted by atomic mass is 16.7. The minimum atomic E-state index is -0.621. The predicted octanol–water partition coefficient (Wildman–Crippen LogP) is 1.21. The molecule has 5 nitrogen and oxygen atoms in total. The van der Waals surface area contributed by atoms with E-state index < -0.39 is 5.54 Å². The molecule has 0 aromatic carbocycles. The maximum atomic E-state index is 9.27. The van der Waals surface area contributed by atoms with Gasteiger partial charge in [0.2, 0.25) is 0 Å². The number of methoxy groups -OCH3 is 2. The van der Waals surface area contributed by atoms with Crippen LogP contribution in [0.2, 0.25) is 0 Å². The van der Waals surface area contributed by atoms with Crippen LogP contribution in [0, 0.1) is 11.3 Å². The van der Waals surface area contributed by atoms with Gasteiger partial charge in [0, 0.05) is 33.7 Å². The van der Waals surface area contributed by atoms with E-state index in [2.05, 4.69) is 30.1 Å². The summed E-state index contributed by atoms with van der Waals surface area (Å²) in [6.07, 6.45) is 0.157. The van der Waals surface area contributed by atoms with E-state index in [1.54, 1.807) is 14.2 Å². The molecule has 0 spiro atoms. The van der Waals surface area contributed by atoms with Gasteiger partial charge in [0.05, 0.1) is 6.07 Å². The number of hydrogen-bond acceptors (Lipinski definition) is 5. The van der Waals surface area contributed by atoms with Crippen molar-refractivity contribution in [3.63, 3.8) is 0 Å². The summed E-state index contributed by atoms with van der Waals surface area (Å²) in [6, 6.07) is 2.30. The average molecular weight is 257 g/mol. The van der Waals surface area contributed by atoms with Gasteiger partial charge in [0.1, 0.15) is 5.54 Å². The maximum absolute atomic E-state index is 9.27. The van der Waals surface area contributed by atoms with Crippen LogP contribution >= 0.6 is 0 Å². The number of hydrogen-bond donors (Lipinski definition) is 1. The Morgan fingerprint density at radius 2 is 1.83 bits per heavy atom. The second-order valence-electron chi connectivity index (χ2n) is 4.50. The molecule has 1 unspecified atom stereocenters.